The van der Waals surface area contributed by atoms with Crippen LogP contribution in [-0.2, 0) is 12.7 Å². The van der Waals surface area contributed by atoms with Gasteiger partial charge in [0.15, 0.2) is 5.67 Å². The lowest BCUT2D eigenvalue weighted by molar-refractivity contribution is 0.0465. The highest BCUT2D eigenvalue weighted by molar-refractivity contribution is 5.82. The lowest BCUT2D eigenvalue weighted by atomic mass is 9.81. The summed E-state index contributed by atoms with van der Waals surface area (Å²) in [6.07, 6.45) is 1.69. The van der Waals surface area contributed by atoms with Gasteiger partial charge >= 0.3 is 0 Å². The first-order chi connectivity index (χ1) is 9.83. The second-order valence-corrected chi connectivity index (χ2v) is 6.16. The van der Waals surface area contributed by atoms with E-state index in [0.29, 0.717) is 23.7 Å². The van der Waals surface area contributed by atoms with E-state index in [9.17, 15) is 9.18 Å². The van der Waals surface area contributed by atoms with E-state index in [1.54, 1.807) is 13.1 Å². The summed E-state index contributed by atoms with van der Waals surface area (Å²) in [4.78, 5) is 17.1. The maximum absolute atomic E-state index is 14.8. The number of nitrogens with two attached hydrogens (primary N) is 1. The van der Waals surface area contributed by atoms with Crippen LogP contribution >= 0.6 is 0 Å². The molecule has 0 radical (unpaired) electrons. The third-order valence-electron chi connectivity index (χ3n) is 4.39. The molecule has 2 aromatic rings. The molecule has 21 heavy (non-hydrogen) atoms. The molecule has 1 aromatic heterocycles. The number of aryl methyl sites for hydroxylation is 1. The molecule has 0 saturated heterocycles. The lowest BCUT2D eigenvalue weighted by Crippen LogP contribution is -2.37. The molecule has 5 heteroatoms. The van der Waals surface area contributed by atoms with Gasteiger partial charge in [-0.2, -0.15) is 0 Å². The SMILES string of the molecule is Cc1cc([C@@H](C)N)c2nc(C3(F)CCC3)n(C)c(=O)c2c1. The van der Waals surface area contributed by atoms with Crippen LogP contribution in [0.1, 0.15) is 49.2 Å². The largest absolute Gasteiger partial charge is 0.324 e. The number of nitrogens with zero attached hydrogens (tertiary/aromatic N) is 2. The average molecular weight is 289 g/mol. The molecule has 1 atom stereocenters. The highest BCUT2D eigenvalue weighted by Gasteiger charge is 2.42. The summed E-state index contributed by atoms with van der Waals surface area (Å²) in [6, 6.07) is 3.47. The minimum Gasteiger partial charge on any atom is -0.324 e. The highest BCUT2D eigenvalue weighted by atomic mass is 19.1. The van der Waals surface area contributed by atoms with Crippen LogP contribution in [0.3, 0.4) is 0 Å². The van der Waals surface area contributed by atoms with Crippen LogP contribution in [0.25, 0.3) is 10.9 Å². The number of hydrogen-bond acceptors (Lipinski definition) is 3. The molecular weight excluding hydrogens is 269 g/mol. The van der Waals surface area contributed by atoms with E-state index in [4.69, 9.17) is 5.73 Å². The molecule has 1 aliphatic carbocycles. The van der Waals surface area contributed by atoms with Crippen LogP contribution in [0.2, 0.25) is 0 Å². The number of halogens is 1. The van der Waals surface area contributed by atoms with Crippen molar-refractivity contribution in [3.63, 3.8) is 0 Å². The van der Waals surface area contributed by atoms with Crippen LogP contribution in [-0.4, -0.2) is 9.55 Å². The summed E-state index contributed by atoms with van der Waals surface area (Å²) >= 11 is 0. The first-order valence-corrected chi connectivity index (χ1v) is 7.30. The van der Waals surface area contributed by atoms with Crippen molar-refractivity contribution < 1.29 is 4.39 Å². The molecule has 4 nitrogen and oxygen atoms in total. The molecule has 1 saturated carbocycles. The minimum atomic E-state index is -1.47. The van der Waals surface area contributed by atoms with Gasteiger partial charge in [0.05, 0.1) is 10.9 Å². The Hall–Kier alpha value is -1.75. The number of benzene rings is 1. The third-order valence-corrected chi connectivity index (χ3v) is 4.39. The Kier molecular flexibility index (Phi) is 3.13. The Bertz CT molecular complexity index is 775. The van der Waals surface area contributed by atoms with E-state index in [2.05, 4.69) is 4.98 Å². The van der Waals surface area contributed by atoms with E-state index in [1.165, 1.54) is 4.57 Å². The van der Waals surface area contributed by atoms with Crippen molar-refractivity contribution >= 4 is 10.9 Å². The number of aromatic nitrogens is 2. The number of hydrogen-bond donors (Lipinski definition) is 1. The fourth-order valence-electron chi connectivity index (χ4n) is 3.01. The minimum absolute atomic E-state index is 0.204. The number of fused-ring (bicyclic) bond motifs is 1. The predicted molar refractivity (Wildman–Crippen MR) is 81.0 cm³/mol. The van der Waals surface area contributed by atoms with Gasteiger partial charge in [0.1, 0.15) is 5.82 Å². The van der Waals surface area contributed by atoms with Gasteiger partial charge < -0.3 is 5.73 Å². The van der Waals surface area contributed by atoms with Crippen LogP contribution in [0, 0.1) is 6.92 Å². The Labute approximate surface area is 122 Å². The third kappa shape index (κ3) is 2.07. The van der Waals surface area contributed by atoms with Crippen LogP contribution in [0.5, 0.6) is 0 Å². The van der Waals surface area contributed by atoms with Crippen LogP contribution in [0.15, 0.2) is 16.9 Å². The van der Waals surface area contributed by atoms with Gasteiger partial charge in [0, 0.05) is 13.1 Å². The van der Waals surface area contributed by atoms with Crippen molar-refractivity contribution in [3.8, 4) is 0 Å². The van der Waals surface area contributed by atoms with E-state index in [-0.39, 0.29) is 17.4 Å². The molecule has 2 N–H and O–H groups in total. The van der Waals surface area contributed by atoms with Crippen molar-refractivity contribution in [2.75, 3.05) is 0 Å². The molecule has 1 fully saturated rings. The smallest absolute Gasteiger partial charge is 0.261 e. The summed E-state index contributed by atoms with van der Waals surface area (Å²) in [5, 5.41) is 0.511. The van der Waals surface area contributed by atoms with Gasteiger partial charge in [-0.3, -0.25) is 9.36 Å². The molecule has 0 aliphatic heterocycles. The molecule has 0 amide bonds. The summed E-state index contributed by atoms with van der Waals surface area (Å²) in [6.45, 7) is 3.77. The maximum Gasteiger partial charge on any atom is 0.261 e. The quantitative estimate of drug-likeness (QED) is 0.924. The predicted octanol–water partition coefficient (Wildman–Crippen LogP) is 2.61. The van der Waals surface area contributed by atoms with Crippen LogP contribution < -0.4 is 11.3 Å². The van der Waals surface area contributed by atoms with E-state index < -0.39 is 5.67 Å². The molecule has 1 aliphatic rings. The van der Waals surface area contributed by atoms with Gasteiger partial charge in [0.2, 0.25) is 0 Å². The maximum atomic E-state index is 14.8. The summed E-state index contributed by atoms with van der Waals surface area (Å²) in [7, 11) is 1.59. The van der Waals surface area contributed by atoms with Crippen molar-refractivity contribution in [1.82, 2.24) is 9.55 Å². The zero-order chi connectivity index (χ0) is 15.4. The second-order valence-electron chi connectivity index (χ2n) is 6.16. The van der Waals surface area contributed by atoms with E-state index in [1.807, 2.05) is 19.9 Å². The zero-order valence-corrected chi connectivity index (χ0v) is 12.6. The fourth-order valence-corrected chi connectivity index (χ4v) is 3.01. The average Bonchev–Trinajstić information content (AvgIpc) is 2.39. The Morgan fingerprint density at radius 3 is 2.62 bits per heavy atom. The molecule has 0 bridgehead atoms. The first kappa shape index (κ1) is 14.2. The summed E-state index contributed by atoms with van der Waals surface area (Å²) in [5.74, 6) is 0.233. The Balaban J connectivity index is 2.39. The standard InChI is InChI=1S/C16H20FN3O/c1-9-7-11(10(2)18)13-12(8-9)14(21)20(3)15(19-13)16(17)5-4-6-16/h7-8,10H,4-6,18H2,1-3H3/t10-/m1/s1. The zero-order valence-electron chi connectivity index (χ0n) is 12.6. The topological polar surface area (TPSA) is 60.9 Å². The number of alkyl halides is 1. The molecule has 1 aromatic carbocycles. The van der Waals surface area contributed by atoms with Crippen molar-refractivity contribution in [1.29, 1.82) is 0 Å². The van der Waals surface area contributed by atoms with Crippen molar-refractivity contribution in [2.45, 2.75) is 44.8 Å². The van der Waals surface area contributed by atoms with Gasteiger partial charge in [-0.15, -0.1) is 0 Å². The van der Waals surface area contributed by atoms with Gasteiger partial charge in [0.25, 0.3) is 5.56 Å². The molecule has 0 unspecified atom stereocenters. The second kappa shape index (κ2) is 4.63. The monoisotopic (exact) mass is 289 g/mol. The molecule has 112 valence electrons. The van der Waals surface area contributed by atoms with Crippen molar-refractivity contribution in [2.24, 2.45) is 12.8 Å². The highest BCUT2D eigenvalue weighted by Crippen LogP contribution is 2.44. The molecule has 1 heterocycles. The van der Waals surface area contributed by atoms with Gasteiger partial charge in [-0.05, 0) is 50.3 Å². The van der Waals surface area contributed by atoms with Gasteiger partial charge in [-0.1, -0.05) is 6.07 Å². The summed E-state index contributed by atoms with van der Waals surface area (Å²) < 4.78 is 16.1. The van der Waals surface area contributed by atoms with Crippen molar-refractivity contribution in [3.05, 3.63) is 39.4 Å². The van der Waals surface area contributed by atoms with Crippen LogP contribution in [0.4, 0.5) is 4.39 Å². The summed E-state index contributed by atoms with van der Waals surface area (Å²) in [5.41, 5.74) is 6.62. The van der Waals surface area contributed by atoms with E-state index >= 15 is 0 Å². The first-order valence-electron chi connectivity index (χ1n) is 7.30. The lowest BCUT2D eigenvalue weighted by Gasteiger charge is -2.34. The van der Waals surface area contributed by atoms with E-state index in [0.717, 1.165) is 17.5 Å². The van der Waals surface area contributed by atoms with Gasteiger partial charge in [-0.25, -0.2) is 9.37 Å². The molecule has 3 rings (SSSR count). The Morgan fingerprint density at radius 1 is 1.43 bits per heavy atom. The molecular formula is C16H20FN3O. The molecule has 0 spiro atoms. The Morgan fingerprint density at radius 2 is 2.10 bits per heavy atom. The normalized spacial score (nSPS) is 18.5. The fraction of sp³-hybridized carbons (Fsp3) is 0.500. The number of rotatable bonds is 2.